The van der Waals surface area contributed by atoms with Gasteiger partial charge in [0.05, 0.1) is 11.9 Å². The lowest BCUT2D eigenvalue weighted by molar-refractivity contribution is 0.371. The Kier molecular flexibility index (Phi) is 3.62. The van der Waals surface area contributed by atoms with E-state index >= 15 is 0 Å². The minimum atomic E-state index is -4.75. The number of pyridine rings is 1. The van der Waals surface area contributed by atoms with E-state index in [2.05, 4.69) is 4.98 Å². The normalized spacial score (nSPS) is 13.1. The zero-order valence-corrected chi connectivity index (χ0v) is 11.8. The van der Waals surface area contributed by atoms with Gasteiger partial charge in [0.15, 0.2) is 5.44 Å². The van der Waals surface area contributed by atoms with Crippen molar-refractivity contribution in [2.75, 3.05) is 0 Å². The fraction of sp³-hybridized carbons (Fsp3) is 0.125. The molecule has 2 rings (SSSR count). The second-order valence-electron chi connectivity index (χ2n) is 3.82. The van der Waals surface area contributed by atoms with Gasteiger partial charge < -0.3 is 24.0 Å². The molecular weight excluding hydrogens is 317 g/mol. The van der Waals surface area contributed by atoms with Gasteiger partial charge in [-0.1, -0.05) is 11.6 Å². The Morgan fingerprint density at radius 1 is 1.26 bits per heavy atom. The lowest BCUT2D eigenvalue weighted by Crippen LogP contribution is -2.12. The SMILES string of the molecule is O=P(O)(O)Cc1c(P(=O)(O)O)nc2cc(Cl)ccn12. The molecule has 2 heterocycles. The maximum Gasteiger partial charge on any atom is 0.376 e. The predicted molar refractivity (Wildman–Crippen MR) is 67.6 cm³/mol. The summed E-state index contributed by atoms with van der Waals surface area (Å²) in [4.78, 5) is 40.0. The monoisotopic (exact) mass is 326 g/mol. The molecule has 0 aliphatic heterocycles. The predicted octanol–water partition coefficient (Wildman–Crippen LogP) is 0.468. The van der Waals surface area contributed by atoms with Crippen molar-refractivity contribution in [1.82, 2.24) is 9.38 Å². The summed E-state index contributed by atoms with van der Waals surface area (Å²) >= 11 is 5.73. The van der Waals surface area contributed by atoms with Crippen molar-refractivity contribution in [3.63, 3.8) is 0 Å². The Bertz CT molecular complexity index is 732. The molecule has 0 saturated carbocycles. The van der Waals surface area contributed by atoms with Gasteiger partial charge >= 0.3 is 15.2 Å². The van der Waals surface area contributed by atoms with E-state index in [1.807, 2.05) is 0 Å². The molecule has 0 unspecified atom stereocenters. The van der Waals surface area contributed by atoms with E-state index in [0.717, 1.165) is 0 Å². The molecule has 0 aliphatic rings. The maximum absolute atomic E-state index is 11.3. The first-order valence-electron chi connectivity index (χ1n) is 4.85. The van der Waals surface area contributed by atoms with Gasteiger partial charge in [0.25, 0.3) is 0 Å². The minimum absolute atomic E-state index is 0.106. The zero-order valence-electron chi connectivity index (χ0n) is 9.21. The third kappa shape index (κ3) is 3.24. The van der Waals surface area contributed by atoms with Crippen molar-refractivity contribution in [2.45, 2.75) is 6.16 Å². The number of halogens is 1. The smallest absolute Gasteiger partial charge is 0.324 e. The highest BCUT2D eigenvalue weighted by molar-refractivity contribution is 7.60. The molecule has 19 heavy (non-hydrogen) atoms. The Morgan fingerprint density at radius 3 is 2.42 bits per heavy atom. The average Bonchev–Trinajstić information content (AvgIpc) is 2.53. The number of rotatable bonds is 3. The molecule has 0 aromatic carbocycles. The zero-order chi connectivity index (χ0) is 14.4. The summed E-state index contributed by atoms with van der Waals surface area (Å²) < 4.78 is 23.6. The van der Waals surface area contributed by atoms with Crippen LogP contribution in [0.2, 0.25) is 5.02 Å². The fourth-order valence-corrected chi connectivity index (χ4v) is 3.36. The summed E-state index contributed by atoms with van der Waals surface area (Å²) in [5, 5.41) is 0.289. The van der Waals surface area contributed by atoms with Crippen LogP contribution in [0.1, 0.15) is 5.69 Å². The van der Waals surface area contributed by atoms with E-state index in [4.69, 9.17) is 21.4 Å². The first-order chi connectivity index (χ1) is 8.58. The van der Waals surface area contributed by atoms with E-state index in [-0.39, 0.29) is 16.4 Å². The van der Waals surface area contributed by atoms with Crippen LogP contribution in [-0.4, -0.2) is 29.0 Å². The molecule has 2 aromatic rings. The summed E-state index contributed by atoms with van der Waals surface area (Å²) in [6.07, 6.45) is 0.519. The molecule has 2 aromatic heterocycles. The van der Waals surface area contributed by atoms with Gasteiger partial charge in [-0.25, -0.2) is 4.98 Å². The number of hydrogen-bond donors (Lipinski definition) is 4. The Balaban J connectivity index is 2.76. The van der Waals surface area contributed by atoms with E-state index in [1.54, 1.807) is 0 Å². The van der Waals surface area contributed by atoms with Gasteiger partial charge in [0.1, 0.15) is 5.65 Å². The van der Waals surface area contributed by atoms with E-state index in [9.17, 15) is 18.9 Å². The number of aromatic nitrogens is 2. The quantitative estimate of drug-likeness (QED) is 0.602. The highest BCUT2D eigenvalue weighted by Crippen LogP contribution is 2.42. The van der Waals surface area contributed by atoms with Crippen LogP contribution in [0.25, 0.3) is 5.65 Å². The highest BCUT2D eigenvalue weighted by atomic mass is 35.5. The van der Waals surface area contributed by atoms with Gasteiger partial charge in [-0.15, -0.1) is 0 Å². The summed E-state index contributed by atoms with van der Waals surface area (Å²) in [6.45, 7) is 0. The molecule has 0 amide bonds. The Morgan fingerprint density at radius 2 is 1.89 bits per heavy atom. The molecule has 0 radical (unpaired) electrons. The van der Waals surface area contributed by atoms with Crippen molar-refractivity contribution in [3.05, 3.63) is 29.0 Å². The van der Waals surface area contributed by atoms with Gasteiger partial charge in [-0.3, -0.25) is 9.13 Å². The second kappa shape index (κ2) is 4.68. The van der Waals surface area contributed by atoms with Crippen molar-refractivity contribution in [3.8, 4) is 0 Å². The molecule has 0 atom stereocenters. The topological polar surface area (TPSA) is 132 Å². The number of nitrogens with zero attached hydrogens (tertiary/aromatic N) is 2. The molecule has 0 spiro atoms. The molecule has 0 bridgehead atoms. The average molecular weight is 327 g/mol. The summed E-state index contributed by atoms with van der Waals surface area (Å²) in [7, 11) is -9.25. The van der Waals surface area contributed by atoms with Crippen molar-refractivity contribution >= 4 is 37.9 Å². The third-order valence-corrected chi connectivity index (χ3v) is 4.15. The minimum Gasteiger partial charge on any atom is -0.324 e. The van der Waals surface area contributed by atoms with E-state index < -0.39 is 26.8 Å². The van der Waals surface area contributed by atoms with Gasteiger partial charge in [-0.2, -0.15) is 0 Å². The summed E-state index contributed by atoms with van der Waals surface area (Å²) in [5.74, 6) is 0. The standard InChI is InChI=1S/C8H9ClN2O6P2/c9-5-1-2-11-6(4-18(12,13)14)8(19(15,16)17)10-7(11)3-5/h1-3H,4H2,(H2,12,13,14)(H2,15,16,17). The summed E-state index contributed by atoms with van der Waals surface area (Å²) in [6, 6.07) is 2.76. The van der Waals surface area contributed by atoms with Crippen molar-refractivity contribution in [1.29, 1.82) is 0 Å². The van der Waals surface area contributed by atoms with E-state index in [1.165, 1.54) is 22.7 Å². The molecule has 104 valence electrons. The largest absolute Gasteiger partial charge is 0.376 e. The molecule has 0 saturated heterocycles. The first kappa shape index (κ1) is 14.7. The van der Waals surface area contributed by atoms with Crippen molar-refractivity contribution in [2.24, 2.45) is 0 Å². The Hall–Kier alpha value is -0.720. The number of imidazole rings is 1. The molecule has 0 fully saturated rings. The number of fused-ring (bicyclic) bond motifs is 1. The van der Waals surface area contributed by atoms with Crippen LogP contribution in [0.3, 0.4) is 0 Å². The molecule has 4 N–H and O–H groups in total. The lowest BCUT2D eigenvalue weighted by Gasteiger charge is -2.07. The molecular formula is C8H9ClN2O6P2. The van der Waals surface area contributed by atoms with Crippen LogP contribution >= 0.6 is 26.8 Å². The molecule has 0 aliphatic carbocycles. The Labute approximate surface area is 112 Å². The van der Waals surface area contributed by atoms with Gasteiger partial charge in [0, 0.05) is 17.3 Å². The summed E-state index contributed by atoms with van der Waals surface area (Å²) in [5.41, 5.74) is -0.777. The van der Waals surface area contributed by atoms with Crippen LogP contribution in [0.15, 0.2) is 18.3 Å². The van der Waals surface area contributed by atoms with Crippen LogP contribution in [0.4, 0.5) is 0 Å². The maximum atomic E-state index is 11.3. The number of hydrogen-bond acceptors (Lipinski definition) is 3. The second-order valence-corrected chi connectivity index (χ2v) is 7.42. The van der Waals surface area contributed by atoms with Gasteiger partial charge in [0.2, 0.25) is 0 Å². The van der Waals surface area contributed by atoms with Gasteiger partial charge in [-0.05, 0) is 6.07 Å². The van der Waals surface area contributed by atoms with Crippen LogP contribution in [-0.2, 0) is 15.3 Å². The first-order valence-corrected chi connectivity index (χ1v) is 8.64. The molecule has 8 nitrogen and oxygen atoms in total. The van der Waals surface area contributed by atoms with Crippen LogP contribution < -0.4 is 5.44 Å². The molecule has 11 heteroatoms. The van der Waals surface area contributed by atoms with E-state index in [0.29, 0.717) is 0 Å². The third-order valence-electron chi connectivity index (χ3n) is 2.30. The van der Waals surface area contributed by atoms with Crippen LogP contribution in [0.5, 0.6) is 0 Å². The van der Waals surface area contributed by atoms with Crippen molar-refractivity contribution < 1.29 is 28.7 Å². The lowest BCUT2D eigenvalue weighted by atomic mass is 10.4. The van der Waals surface area contributed by atoms with Crippen LogP contribution in [0, 0.1) is 0 Å². The fourth-order valence-electron chi connectivity index (χ4n) is 1.63. The highest BCUT2D eigenvalue weighted by Gasteiger charge is 2.31.